The Kier molecular flexibility index (Phi) is 6.68. The predicted octanol–water partition coefficient (Wildman–Crippen LogP) is 5.27. The number of hydrogen-bond donors (Lipinski definition) is 0. The Labute approximate surface area is 169 Å². The van der Waals surface area contributed by atoms with Crippen molar-refractivity contribution < 1.29 is 13.6 Å². The maximum absolute atomic E-state index is 13.3. The van der Waals surface area contributed by atoms with Crippen LogP contribution < -0.4 is 4.90 Å². The summed E-state index contributed by atoms with van der Waals surface area (Å²) in [5.41, 5.74) is 1.71. The number of piperidine rings is 1. The second kappa shape index (κ2) is 9.01. The van der Waals surface area contributed by atoms with E-state index in [0.717, 1.165) is 37.2 Å². The summed E-state index contributed by atoms with van der Waals surface area (Å²) in [5.74, 6) is -0.806. The molecule has 1 amide bonds. The van der Waals surface area contributed by atoms with Crippen molar-refractivity contribution in [3.8, 4) is 0 Å². The molecular weight excluding hydrogens is 382 g/mol. The van der Waals surface area contributed by atoms with Crippen molar-refractivity contribution in [1.82, 2.24) is 4.90 Å². The first-order valence-corrected chi connectivity index (χ1v) is 9.98. The molecule has 150 valence electrons. The third-order valence-corrected chi connectivity index (χ3v) is 5.44. The molecule has 0 aliphatic carbocycles. The van der Waals surface area contributed by atoms with E-state index in [1.54, 1.807) is 24.3 Å². The van der Waals surface area contributed by atoms with Crippen LogP contribution in [0.2, 0.25) is 5.02 Å². The normalized spacial score (nSPS) is 15.8. The summed E-state index contributed by atoms with van der Waals surface area (Å²) >= 11 is 5.88. The first-order chi connectivity index (χ1) is 13.3. The van der Waals surface area contributed by atoms with Gasteiger partial charge in [-0.2, -0.15) is 0 Å². The number of carbonyl (C=O) groups is 1. The van der Waals surface area contributed by atoms with Crippen LogP contribution in [0.15, 0.2) is 42.5 Å². The van der Waals surface area contributed by atoms with Crippen LogP contribution in [0.4, 0.5) is 14.5 Å². The summed E-state index contributed by atoms with van der Waals surface area (Å²) in [6.07, 6.45) is 1.65. The lowest BCUT2D eigenvalue weighted by atomic mass is 9.99. The fraction of sp³-hybridized carbons (Fsp3) is 0.409. The van der Waals surface area contributed by atoms with E-state index in [9.17, 15) is 13.6 Å². The van der Waals surface area contributed by atoms with Gasteiger partial charge < -0.3 is 4.90 Å². The Hall–Kier alpha value is -1.98. The summed E-state index contributed by atoms with van der Waals surface area (Å²) < 4.78 is 26.7. The Morgan fingerprint density at radius 1 is 1.14 bits per heavy atom. The second-order valence-electron chi connectivity index (χ2n) is 7.60. The SMILES string of the molecule is CC(C)C(=O)N(c1ccc(F)cc1)C1CCN(Cc2ccc(F)c(Cl)c2)CC1. The molecule has 6 heteroatoms. The molecule has 1 heterocycles. The van der Waals surface area contributed by atoms with Crippen molar-refractivity contribution in [3.63, 3.8) is 0 Å². The van der Waals surface area contributed by atoms with Gasteiger partial charge in [0.2, 0.25) is 5.91 Å². The van der Waals surface area contributed by atoms with Gasteiger partial charge in [0.25, 0.3) is 0 Å². The highest BCUT2D eigenvalue weighted by Gasteiger charge is 2.30. The van der Waals surface area contributed by atoms with Crippen LogP contribution in [0, 0.1) is 17.6 Å². The molecule has 1 saturated heterocycles. The molecule has 0 spiro atoms. The van der Waals surface area contributed by atoms with Crippen molar-refractivity contribution in [3.05, 3.63) is 64.7 Å². The van der Waals surface area contributed by atoms with Gasteiger partial charge in [-0.05, 0) is 54.8 Å². The Morgan fingerprint density at radius 3 is 2.36 bits per heavy atom. The number of hydrogen-bond acceptors (Lipinski definition) is 2. The maximum atomic E-state index is 13.3. The van der Waals surface area contributed by atoms with Crippen LogP contribution in [-0.2, 0) is 11.3 Å². The van der Waals surface area contributed by atoms with Gasteiger partial charge >= 0.3 is 0 Å². The second-order valence-corrected chi connectivity index (χ2v) is 8.00. The first kappa shape index (κ1) is 20.7. The Morgan fingerprint density at radius 2 is 1.79 bits per heavy atom. The number of nitrogens with zero attached hydrogens (tertiary/aromatic N) is 2. The van der Waals surface area contributed by atoms with Gasteiger partial charge in [-0.25, -0.2) is 8.78 Å². The summed E-state index contributed by atoms with van der Waals surface area (Å²) in [6, 6.07) is 11.0. The van der Waals surface area contributed by atoms with Crippen molar-refractivity contribution in [2.45, 2.75) is 39.3 Å². The third kappa shape index (κ3) is 4.89. The zero-order valence-corrected chi connectivity index (χ0v) is 16.9. The van der Waals surface area contributed by atoms with Crippen LogP contribution >= 0.6 is 11.6 Å². The molecule has 0 saturated carbocycles. The molecular formula is C22H25ClF2N2O. The van der Waals surface area contributed by atoms with Crippen LogP contribution in [0.5, 0.6) is 0 Å². The van der Waals surface area contributed by atoms with E-state index in [1.807, 2.05) is 18.7 Å². The van der Waals surface area contributed by atoms with Crippen molar-refractivity contribution in [2.24, 2.45) is 5.92 Å². The highest BCUT2D eigenvalue weighted by molar-refractivity contribution is 6.30. The molecule has 0 aromatic heterocycles. The quantitative estimate of drug-likeness (QED) is 0.675. The maximum Gasteiger partial charge on any atom is 0.229 e. The van der Waals surface area contributed by atoms with E-state index in [4.69, 9.17) is 11.6 Å². The van der Waals surface area contributed by atoms with Crippen LogP contribution in [-0.4, -0.2) is 29.9 Å². The lowest BCUT2D eigenvalue weighted by Crippen LogP contribution is -2.48. The van der Waals surface area contributed by atoms with Gasteiger partial charge in [0, 0.05) is 37.3 Å². The number of likely N-dealkylation sites (tertiary alicyclic amines) is 1. The highest BCUT2D eigenvalue weighted by atomic mass is 35.5. The van der Waals surface area contributed by atoms with Gasteiger partial charge in [0.1, 0.15) is 11.6 Å². The topological polar surface area (TPSA) is 23.6 Å². The van der Waals surface area contributed by atoms with Gasteiger partial charge in [-0.1, -0.05) is 31.5 Å². The Balaban J connectivity index is 1.68. The standard InChI is InChI=1S/C22H25ClF2N2O/c1-15(2)22(28)27(18-6-4-17(24)5-7-18)19-9-11-26(12-10-19)14-16-3-8-21(25)20(23)13-16/h3-8,13,15,19H,9-12,14H2,1-2H3. The van der Waals surface area contributed by atoms with Crippen molar-refractivity contribution >= 4 is 23.2 Å². The fourth-order valence-corrected chi connectivity index (χ4v) is 3.83. The zero-order valence-electron chi connectivity index (χ0n) is 16.2. The molecule has 2 aromatic carbocycles. The smallest absolute Gasteiger partial charge is 0.229 e. The molecule has 3 rings (SSSR count). The third-order valence-electron chi connectivity index (χ3n) is 5.15. The van der Waals surface area contributed by atoms with Crippen LogP contribution in [0.3, 0.4) is 0 Å². The summed E-state index contributed by atoms with van der Waals surface area (Å²) in [4.78, 5) is 16.9. The minimum absolute atomic E-state index is 0.0513. The monoisotopic (exact) mass is 406 g/mol. The number of amides is 1. The van der Waals surface area contributed by atoms with Gasteiger partial charge in [0.15, 0.2) is 0 Å². The van der Waals surface area contributed by atoms with Gasteiger partial charge in [-0.3, -0.25) is 9.69 Å². The summed E-state index contributed by atoms with van der Waals surface area (Å²) in [6.45, 7) is 6.10. The van der Waals surface area contributed by atoms with Crippen LogP contribution in [0.1, 0.15) is 32.3 Å². The van der Waals surface area contributed by atoms with Crippen molar-refractivity contribution in [2.75, 3.05) is 18.0 Å². The molecule has 28 heavy (non-hydrogen) atoms. The van der Waals surface area contributed by atoms with Gasteiger partial charge in [-0.15, -0.1) is 0 Å². The molecule has 0 bridgehead atoms. The largest absolute Gasteiger partial charge is 0.309 e. The lowest BCUT2D eigenvalue weighted by Gasteiger charge is -2.39. The zero-order chi connectivity index (χ0) is 20.3. The number of carbonyl (C=O) groups excluding carboxylic acids is 1. The number of halogens is 3. The minimum Gasteiger partial charge on any atom is -0.309 e. The highest BCUT2D eigenvalue weighted by Crippen LogP contribution is 2.27. The molecule has 2 aromatic rings. The Bertz CT molecular complexity index is 818. The van der Waals surface area contributed by atoms with E-state index in [2.05, 4.69) is 4.90 Å². The average molecular weight is 407 g/mol. The number of rotatable bonds is 5. The number of anilines is 1. The van der Waals surface area contributed by atoms with Gasteiger partial charge in [0.05, 0.1) is 5.02 Å². The lowest BCUT2D eigenvalue weighted by molar-refractivity contribution is -0.122. The molecule has 1 aliphatic rings. The molecule has 0 atom stereocenters. The molecule has 1 fully saturated rings. The van der Waals surface area contributed by atoms with E-state index < -0.39 is 5.82 Å². The molecule has 0 N–H and O–H groups in total. The average Bonchev–Trinajstić information content (AvgIpc) is 2.67. The molecule has 0 radical (unpaired) electrons. The molecule has 1 aliphatic heterocycles. The minimum atomic E-state index is -0.411. The van der Waals surface area contributed by atoms with E-state index in [-0.39, 0.29) is 28.7 Å². The van der Waals surface area contributed by atoms with E-state index >= 15 is 0 Å². The molecule has 0 unspecified atom stereocenters. The first-order valence-electron chi connectivity index (χ1n) is 9.60. The number of benzene rings is 2. The van der Waals surface area contributed by atoms with Crippen molar-refractivity contribution in [1.29, 1.82) is 0 Å². The van der Waals surface area contributed by atoms with E-state index in [0.29, 0.717) is 6.54 Å². The summed E-state index contributed by atoms with van der Waals surface area (Å²) in [5, 5.41) is 0.136. The van der Waals surface area contributed by atoms with E-state index in [1.165, 1.54) is 18.2 Å². The fourth-order valence-electron chi connectivity index (χ4n) is 3.63. The summed E-state index contributed by atoms with van der Waals surface area (Å²) in [7, 11) is 0. The van der Waals surface area contributed by atoms with Crippen LogP contribution in [0.25, 0.3) is 0 Å². The predicted molar refractivity (Wildman–Crippen MR) is 108 cm³/mol. The molecule has 3 nitrogen and oxygen atoms in total.